The normalized spacial score (nSPS) is 19.6. The molecule has 2 aliphatic rings. The Morgan fingerprint density at radius 2 is 1.91 bits per heavy atom. The first kappa shape index (κ1) is 22.5. The van der Waals surface area contributed by atoms with Gasteiger partial charge in [-0.3, -0.25) is 9.59 Å². The number of hydrogen-bond donors (Lipinski definition) is 3. The third kappa shape index (κ3) is 4.04. The highest BCUT2D eigenvalue weighted by Crippen LogP contribution is 2.44. The van der Waals surface area contributed by atoms with Crippen molar-refractivity contribution in [1.82, 2.24) is 9.78 Å². The number of rotatable bonds is 4. The van der Waals surface area contributed by atoms with Crippen LogP contribution in [0.25, 0.3) is 0 Å². The van der Waals surface area contributed by atoms with Gasteiger partial charge >= 0.3 is 6.18 Å². The van der Waals surface area contributed by atoms with Crippen LogP contribution in [0.4, 0.5) is 24.0 Å². The van der Waals surface area contributed by atoms with E-state index < -0.39 is 30.1 Å². The van der Waals surface area contributed by atoms with E-state index in [0.29, 0.717) is 17.0 Å². The van der Waals surface area contributed by atoms with E-state index in [-0.39, 0.29) is 23.5 Å². The molecule has 0 bridgehead atoms. The van der Waals surface area contributed by atoms with Crippen LogP contribution < -0.4 is 16.4 Å². The second-order valence-corrected chi connectivity index (χ2v) is 9.60. The molecule has 0 radical (unpaired) electrons. The SMILES string of the molecule is NC(=O)c1c(NC(=O)c2cc3n(n2)[C@@H](C(F)(F)F)C[C@H](c2ccccc2)N3)sc2c1CCCC2. The zero-order valence-corrected chi connectivity index (χ0v) is 18.8. The number of alkyl halides is 3. The van der Waals surface area contributed by atoms with Crippen molar-refractivity contribution in [3.05, 3.63) is 63.7 Å². The quantitative estimate of drug-likeness (QED) is 0.488. The van der Waals surface area contributed by atoms with Crippen molar-refractivity contribution in [3.63, 3.8) is 0 Å². The van der Waals surface area contributed by atoms with Crippen molar-refractivity contribution < 1.29 is 22.8 Å². The van der Waals surface area contributed by atoms with E-state index in [1.807, 2.05) is 0 Å². The number of primary amides is 1. The molecular weight excluding hydrogens is 467 g/mol. The highest BCUT2D eigenvalue weighted by Gasteiger charge is 2.46. The molecule has 0 spiro atoms. The minimum atomic E-state index is -4.55. The van der Waals surface area contributed by atoms with E-state index in [4.69, 9.17) is 5.73 Å². The average molecular weight is 490 g/mol. The molecule has 1 aliphatic carbocycles. The number of nitrogens with zero attached hydrogens (tertiary/aromatic N) is 2. The maximum atomic E-state index is 13.9. The summed E-state index contributed by atoms with van der Waals surface area (Å²) in [7, 11) is 0. The number of nitrogens with two attached hydrogens (primary N) is 1. The second-order valence-electron chi connectivity index (χ2n) is 8.49. The summed E-state index contributed by atoms with van der Waals surface area (Å²) in [5, 5.41) is 10.0. The first-order valence-corrected chi connectivity index (χ1v) is 11.8. The predicted molar refractivity (Wildman–Crippen MR) is 122 cm³/mol. The van der Waals surface area contributed by atoms with Crippen LogP contribution in [0.5, 0.6) is 0 Å². The molecule has 0 saturated heterocycles. The standard InChI is InChI=1S/C23H22F3N5O2S/c24-23(25,26)17-10-14(12-6-2-1-3-7-12)28-18-11-15(30-31(17)18)21(33)29-22-19(20(27)32)13-8-4-5-9-16(13)34-22/h1-3,6-7,11,14,17,28H,4-5,8-10H2,(H2,27,32)(H,29,33)/t14-,17-/m1/s1. The molecule has 2 atom stereocenters. The molecule has 4 N–H and O–H groups in total. The van der Waals surface area contributed by atoms with Gasteiger partial charge in [0.05, 0.1) is 11.6 Å². The summed E-state index contributed by atoms with van der Waals surface area (Å²) in [5.41, 5.74) is 7.25. The Kier molecular flexibility index (Phi) is 5.59. The number of carbonyl (C=O) groups excluding carboxylic acids is 2. The third-order valence-corrected chi connectivity index (χ3v) is 7.48. The molecule has 5 rings (SSSR count). The fourth-order valence-corrected chi connectivity index (χ4v) is 5.96. The van der Waals surface area contributed by atoms with Crippen molar-refractivity contribution in [3.8, 4) is 0 Å². The molecule has 1 aromatic carbocycles. The molecule has 3 heterocycles. The molecule has 0 unspecified atom stereocenters. The number of fused-ring (bicyclic) bond motifs is 2. The number of nitrogens with one attached hydrogen (secondary N) is 2. The lowest BCUT2D eigenvalue weighted by atomic mass is 9.95. The van der Waals surface area contributed by atoms with Crippen LogP contribution in [-0.4, -0.2) is 27.8 Å². The van der Waals surface area contributed by atoms with Crippen molar-refractivity contribution in [2.75, 3.05) is 10.6 Å². The Bertz CT molecular complexity index is 1250. The van der Waals surface area contributed by atoms with Gasteiger partial charge in [-0.1, -0.05) is 30.3 Å². The molecule has 2 aromatic heterocycles. The fourth-order valence-electron chi connectivity index (χ4n) is 4.67. The summed E-state index contributed by atoms with van der Waals surface area (Å²) >= 11 is 1.29. The Balaban J connectivity index is 1.46. The monoisotopic (exact) mass is 489 g/mol. The third-order valence-electron chi connectivity index (χ3n) is 6.27. The highest BCUT2D eigenvalue weighted by molar-refractivity contribution is 7.17. The summed E-state index contributed by atoms with van der Waals surface area (Å²) in [6, 6.07) is 7.68. The Morgan fingerprint density at radius 1 is 1.18 bits per heavy atom. The topological polar surface area (TPSA) is 102 Å². The Labute approximate surface area is 197 Å². The Morgan fingerprint density at radius 3 is 2.62 bits per heavy atom. The number of halogens is 3. The number of aryl methyl sites for hydroxylation is 1. The van der Waals surface area contributed by atoms with E-state index in [2.05, 4.69) is 15.7 Å². The zero-order chi connectivity index (χ0) is 24.0. The molecular formula is C23H22F3N5O2S. The van der Waals surface area contributed by atoms with Gasteiger partial charge in [0.15, 0.2) is 11.7 Å². The van der Waals surface area contributed by atoms with E-state index in [1.165, 1.54) is 17.4 Å². The lowest BCUT2D eigenvalue weighted by Crippen LogP contribution is -2.35. The lowest BCUT2D eigenvalue weighted by molar-refractivity contribution is -0.173. The van der Waals surface area contributed by atoms with Gasteiger partial charge in [-0.2, -0.15) is 18.3 Å². The molecule has 7 nitrogen and oxygen atoms in total. The number of amides is 2. The van der Waals surface area contributed by atoms with Crippen LogP contribution in [0.1, 0.15) is 68.2 Å². The van der Waals surface area contributed by atoms with Crippen molar-refractivity contribution in [2.45, 2.75) is 50.4 Å². The molecule has 2 amide bonds. The van der Waals surface area contributed by atoms with Gasteiger partial charge < -0.3 is 16.4 Å². The van der Waals surface area contributed by atoms with Crippen molar-refractivity contribution in [1.29, 1.82) is 0 Å². The van der Waals surface area contributed by atoms with Crippen LogP contribution in [0.15, 0.2) is 36.4 Å². The van der Waals surface area contributed by atoms with Gasteiger partial charge in [-0.25, -0.2) is 4.68 Å². The molecule has 178 valence electrons. The zero-order valence-electron chi connectivity index (χ0n) is 18.0. The summed E-state index contributed by atoms with van der Waals surface area (Å²) in [6.07, 6.45) is -1.38. The number of hydrogen-bond acceptors (Lipinski definition) is 5. The highest BCUT2D eigenvalue weighted by atomic mass is 32.1. The van der Waals surface area contributed by atoms with Gasteiger partial charge in [0.2, 0.25) is 0 Å². The lowest BCUT2D eigenvalue weighted by Gasteiger charge is -2.33. The van der Waals surface area contributed by atoms with Crippen LogP contribution in [-0.2, 0) is 12.8 Å². The number of anilines is 2. The van der Waals surface area contributed by atoms with Gasteiger partial charge in [0.1, 0.15) is 10.8 Å². The van der Waals surface area contributed by atoms with Crippen LogP contribution in [0, 0.1) is 0 Å². The molecule has 0 saturated carbocycles. The minimum absolute atomic E-state index is 0.105. The maximum absolute atomic E-state index is 13.9. The van der Waals surface area contributed by atoms with Crippen LogP contribution in [0.2, 0.25) is 0 Å². The average Bonchev–Trinajstić information content (AvgIpc) is 3.39. The van der Waals surface area contributed by atoms with Crippen molar-refractivity contribution in [2.24, 2.45) is 5.73 Å². The van der Waals surface area contributed by atoms with Crippen molar-refractivity contribution >= 4 is 34.0 Å². The smallest absolute Gasteiger partial charge is 0.365 e. The Hall–Kier alpha value is -3.34. The van der Waals surface area contributed by atoms with Gasteiger partial charge in [-0.15, -0.1) is 11.3 Å². The largest absolute Gasteiger partial charge is 0.410 e. The predicted octanol–water partition coefficient (Wildman–Crippen LogP) is 4.83. The van der Waals surface area contributed by atoms with E-state index in [0.717, 1.165) is 34.4 Å². The fraction of sp³-hybridized carbons (Fsp3) is 0.348. The second kappa shape index (κ2) is 8.46. The van der Waals surface area contributed by atoms with Gasteiger partial charge in [0.25, 0.3) is 11.8 Å². The maximum Gasteiger partial charge on any atom is 0.410 e. The summed E-state index contributed by atoms with van der Waals surface area (Å²) in [4.78, 5) is 26.1. The summed E-state index contributed by atoms with van der Waals surface area (Å²) in [6.45, 7) is 0. The molecule has 0 fully saturated rings. The number of thiophene rings is 1. The number of benzene rings is 1. The van der Waals surface area contributed by atoms with Gasteiger partial charge in [0, 0.05) is 17.4 Å². The van der Waals surface area contributed by atoms with Crippen LogP contribution in [0.3, 0.4) is 0 Å². The van der Waals surface area contributed by atoms with Gasteiger partial charge in [-0.05, 0) is 36.8 Å². The molecule has 1 aliphatic heterocycles. The first-order chi connectivity index (χ1) is 16.2. The van der Waals surface area contributed by atoms with E-state index in [9.17, 15) is 22.8 Å². The minimum Gasteiger partial charge on any atom is -0.365 e. The van der Waals surface area contributed by atoms with Crippen LogP contribution >= 0.6 is 11.3 Å². The summed E-state index contributed by atoms with van der Waals surface area (Å²) < 4.78 is 42.5. The first-order valence-electron chi connectivity index (χ1n) is 11.0. The van der Waals surface area contributed by atoms with E-state index >= 15 is 0 Å². The summed E-state index contributed by atoms with van der Waals surface area (Å²) in [5.74, 6) is -1.22. The number of carbonyl (C=O) groups is 2. The van der Waals surface area contributed by atoms with E-state index in [1.54, 1.807) is 30.3 Å². The number of aromatic nitrogens is 2. The molecule has 34 heavy (non-hydrogen) atoms. The molecule has 3 aromatic rings. The molecule has 11 heteroatoms.